The molecule has 3 aromatic rings. The van der Waals surface area contributed by atoms with E-state index in [0.29, 0.717) is 48.2 Å². The maximum absolute atomic E-state index is 12.8. The van der Waals surface area contributed by atoms with Gasteiger partial charge in [0.25, 0.3) is 11.8 Å². The number of anilines is 1. The molecule has 3 aromatic heterocycles. The number of rotatable bonds is 6. The SMILES string of the molecule is COc1cc(-c2ccc3c(n2)CN(c2cnn(CCN)c2)C3=O)cnc1OC. The first kappa shape index (κ1) is 17.9. The summed E-state index contributed by atoms with van der Waals surface area (Å²) in [5.74, 6) is 0.836. The van der Waals surface area contributed by atoms with Gasteiger partial charge >= 0.3 is 0 Å². The third-order valence-corrected chi connectivity index (χ3v) is 4.57. The van der Waals surface area contributed by atoms with Crippen molar-refractivity contribution in [3.8, 4) is 22.9 Å². The average Bonchev–Trinajstić information content (AvgIpc) is 3.31. The minimum atomic E-state index is -0.0909. The summed E-state index contributed by atoms with van der Waals surface area (Å²) in [6.07, 6.45) is 5.15. The number of carbonyl (C=O) groups is 1. The van der Waals surface area contributed by atoms with Gasteiger partial charge in [-0.05, 0) is 18.2 Å². The number of ether oxygens (including phenoxy) is 2. The third-order valence-electron chi connectivity index (χ3n) is 4.57. The van der Waals surface area contributed by atoms with Gasteiger partial charge < -0.3 is 15.2 Å². The first-order valence-corrected chi connectivity index (χ1v) is 8.77. The number of pyridine rings is 2. The molecule has 0 spiro atoms. The van der Waals surface area contributed by atoms with E-state index in [1.54, 1.807) is 41.2 Å². The summed E-state index contributed by atoms with van der Waals surface area (Å²) >= 11 is 0. The molecule has 0 saturated heterocycles. The third kappa shape index (κ3) is 3.05. The highest BCUT2D eigenvalue weighted by Gasteiger charge is 2.31. The van der Waals surface area contributed by atoms with Crippen molar-refractivity contribution in [2.75, 3.05) is 25.7 Å². The molecule has 1 aliphatic rings. The second-order valence-electron chi connectivity index (χ2n) is 6.27. The van der Waals surface area contributed by atoms with Crippen LogP contribution >= 0.6 is 0 Å². The number of aromatic nitrogens is 4. The fourth-order valence-corrected chi connectivity index (χ4v) is 3.17. The van der Waals surface area contributed by atoms with Crippen molar-refractivity contribution in [1.82, 2.24) is 19.7 Å². The van der Waals surface area contributed by atoms with Crippen LogP contribution in [-0.4, -0.2) is 46.4 Å². The molecule has 4 rings (SSSR count). The summed E-state index contributed by atoms with van der Waals surface area (Å²) < 4.78 is 12.2. The van der Waals surface area contributed by atoms with Gasteiger partial charge in [0.15, 0.2) is 5.75 Å². The molecule has 1 amide bonds. The molecule has 0 radical (unpaired) electrons. The van der Waals surface area contributed by atoms with Crippen LogP contribution in [-0.2, 0) is 13.1 Å². The van der Waals surface area contributed by atoms with Crippen LogP contribution < -0.4 is 20.1 Å². The Labute approximate surface area is 161 Å². The van der Waals surface area contributed by atoms with Crippen LogP contribution in [0.2, 0.25) is 0 Å². The highest BCUT2D eigenvalue weighted by atomic mass is 16.5. The predicted molar refractivity (Wildman–Crippen MR) is 102 cm³/mol. The Hall–Kier alpha value is -3.46. The smallest absolute Gasteiger partial charge is 0.260 e. The van der Waals surface area contributed by atoms with E-state index in [1.165, 1.54) is 7.11 Å². The van der Waals surface area contributed by atoms with Crippen LogP contribution in [0, 0.1) is 0 Å². The quantitative estimate of drug-likeness (QED) is 0.690. The van der Waals surface area contributed by atoms with Crippen molar-refractivity contribution in [2.24, 2.45) is 5.73 Å². The van der Waals surface area contributed by atoms with Crippen molar-refractivity contribution in [1.29, 1.82) is 0 Å². The molecule has 0 fully saturated rings. The van der Waals surface area contributed by atoms with Gasteiger partial charge in [0.1, 0.15) is 0 Å². The molecule has 0 saturated carbocycles. The molecule has 144 valence electrons. The fraction of sp³-hybridized carbons (Fsp3) is 0.263. The van der Waals surface area contributed by atoms with Crippen molar-refractivity contribution in [3.05, 3.63) is 48.0 Å². The zero-order valence-electron chi connectivity index (χ0n) is 15.6. The predicted octanol–water partition coefficient (Wildman–Crippen LogP) is 1.48. The van der Waals surface area contributed by atoms with Crippen LogP contribution in [0.1, 0.15) is 16.1 Å². The molecule has 0 atom stereocenters. The molecule has 0 bridgehead atoms. The number of amides is 1. The summed E-state index contributed by atoms with van der Waals surface area (Å²) in [4.78, 5) is 23.4. The number of carbonyl (C=O) groups excluding carboxylic acids is 1. The normalized spacial score (nSPS) is 13.0. The maximum Gasteiger partial charge on any atom is 0.260 e. The minimum Gasteiger partial charge on any atom is -0.491 e. The number of fused-ring (bicyclic) bond motifs is 1. The summed E-state index contributed by atoms with van der Waals surface area (Å²) in [5, 5.41) is 4.24. The average molecular weight is 380 g/mol. The van der Waals surface area contributed by atoms with Crippen LogP contribution in [0.3, 0.4) is 0 Å². The van der Waals surface area contributed by atoms with Gasteiger partial charge in [-0.1, -0.05) is 0 Å². The molecule has 0 unspecified atom stereocenters. The highest BCUT2D eigenvalue weighted by molar-refractivity contribution is 6.09. The van der Waals surface area contributed by atoms with Crippen molar-refractivity contribution >= 4 is 11.6 Å². The summed E-state index contributed by atoms with van der Waals surface area (Å²) in [7, 11) is 3.09. The summed E-state index contributed by atoms with van der Waals surface area (Å²) in [6, 6.07) is 5.41. The van der Waals surface area contributed by atoms with E-state index in [9.17, 15) is 4.79 Å². The molecule has 2 N–H and O–H groups in total. The Balaban J connectivity index is 1.63. The van der Waals surface area contributed by atoms with Crippen LogP contribution in [0.5, 0.6) is 11.6 Å². The first-order valence-electron chi connectivity index (χ1n) is 8.77. The molecular weight excluding hydrogens is 360 g/mol. The van der Waals surface area contributed by atoms with Gasteiger partial charge in [-0.25, -0.2) is 4.98 Å². The number of methoxy groups -OCH3 is 2. The lowest BCUT2D eigenvalue weighted by Gasteiger charge is -2.11. The zero-order valence-corrected chi connectivity index (χ0v) is 15.6. The monoisotopic (exact) mass is 380 g/mol. The topological polar surface area (TPSA) is 108 Å². The van der Waals surface area contributed by atoms with Crippen molar-refractivity contribution in [3.63, 3.8) is 0 Å². The Morgan fingerprint density at radius 3 is 2.82 bits per heavy atom. The van der Waals surface area contributed by atoms with E-state index >= 15 is 0 Å². The van der Waals surface area contributed by atoms with Gasteiger partial charge in [0, 0.05) is 24.5 Å². The van der Waals surface area contributed by atoms with E-state index in [4.69, 9.17) is 15.2 Å². The Bertz CT molecular complexity index is 1030. The van der Waals surface area contributed by atoms with Gasteiger partial charge in [0.2, 0.25) is 0 Å². The van der Waals surface area contributed by atoms with E-state index in [0.717, 1.165) is 11.3 Å². The molecule has 0 aromatic carbocycles. The molecule has 4 heterocycles. The summed E-state index contributed by atoms with van der Waals surface area (Å²) in [5.41, 5.74) is 9.07. The standard InChI is InChI=1S/C19H20N6O3/c1-27-17-7-12(8-21-18(17)28-2)15-4-3-14-16(23-15)11-25(19(14)26)13-9-22-24(10-13)6-5-20/h3-4,7-10H,5-6,11,20H2,1-2H3. The highest BCUT2D eigenvalue weighted by Crippen LogP contribution is 2.32. The van der Waals surface area contributed by atoms with Crippen molar-refractivity contribution in [2.45, 2.75) is 13.1 Å². The van der Waals surface area contributed by atoms with Gasteiger partial charge in [-0.15, -0.1) is 0 Å². The summed E-state index contributed by atoms with van der Waals surface area (Å²) in [6.45, 7) is 1.47. The molecule has 0 aliphatic carbocycles. The van der Waals surface area contributed by atoms with E-state index < -0.39 is 0 Å². The van der Waals surface area contributed by atoms with Crippen LogP contribution in [0.25, 0.3) is 11.3 Å². The molecule has 9 heteroatoms. The number of hydrogen-bond acceptors (Lipinski definition) is 7. The minimum absolute atomic E-state index is 0.0909. The first-order chi connectivity index (χ1) is 13.6. The lowest BCUT2D eigenvalue weighted by atomic mass is 10.1. The maximum atomic E-state index is 12.8. The Morgan fingerprint density at radius 2 is 2.07 bits per heavy atom. The largest absolute Gasteiger partial charge is 0.491 e. The van der Waals surface area contributed by atoms with Crippen LogP contribution in [0.4, 0.5) is 5.69 Å². The van der Waals surface area contributed by atoms with Crippen LogP contribution in [0.15, 0.2) is 36.8 Å². The number of hydrogen-bond donors (Lipinski definition) is 1. The van der Waals surface area contributed by atoms with Gasteiger partial charge in [-0.3, -0.25) is 19.4 Å². The van der Waals surface area contributed by atoms with E-state index in [1.807, 2.05) is 12.3 Å². The molecular formula is C19H20N6O3. The number of nitrogens with two attached hydrogens (primary N) is 1. The second kappa shape index (κ2) is 7.28. The van der Waals surface area contributed by atoms with E-state index in [-0.39, 0.29) is 5.91 Å². The molecule has 1 aliphatic heterocycles. The lowest BCUT2D eigenvalue weighted by Crippen LogP contribution is -2.22. The van der Waals surface area contributed by atoms with Gasteiger partial charge in [0.05, 0.1) is 56.1 Å². The van der Waals surface area contributed by atoms with E-state index in [2.05, 4.69) is 15.1 Å². The van der Waals surface area contributed by atoms with Crippen molar-refractivity contribution < 1.29 is 14.3 Å². The molecule has 28 heavy (non-hydrogen) atoms. The molecule has 9 nitrogen and oxygen atoms in total. The fourth-order valence-electron chi connectivity index (χ4n) is 3.17. The second-order valence-corrected chi connectivity index (χ2v) is 6.27. The Morgan fingerprint density at radius 1 is 1.21 bits per heavy atom. The number of nitrogens with zero attached hydrogens (tertiary/aromatic N) is 5. The van der Waals surface area contributed by atoms with Gasteiger partial charge in [-0.2, -0.15) is 5.10 Å². The Kier molecular flexibility index (Phi) is 4.66. The lowest BCUT2D eigenvalue weighted by molar-refractivity contribution is 0.0996. The zero-order chi connectivity index (χ0) is 19.7.